The third-order valence-corrected chi connectivity index (χ3v) is 1.72. The Labute approximate surface area is 66.4 Å². The summed E-state index contributed by atoms with van der Waals surface area (Å²) < 4.78 is 14.7. The van der Waals surface area contributed by atoms with Crippen LogP contribution in [0.1, 0.15) is 6.92 Å². The van der Waals surface area contributed by atoms with E-state index >= 15 is 0 Å². The Balaban J connectivity index is 4.38. The van der Waals surface area contributed by atoms with E-state index in [2.05, 4.69) is 0 Å². The number of rotatable bonds is 5. The van der Waals surface area contributed by atoms with E-state index in [4.69, 9.17) is 14.2 Å². The minimum Gasteiger partial charge on any atom is -0.376 e. The predicted molar refractivity (Wildman–Crippen MR) is 39.3 cm³/mol. The van der Waals surface area contributed by atoms with Crippen molar-refractivity contribution in [1.29, 1.82) is 0 Å². The number of hydrogen-bond donors (Lipinski definition) is 0. The van der Waals surface area contributed by atoms with E-state index in [9.17, 15) is 4.79 Å². The molecule has 0 amide bonds. The minimum absolute atomic E-state index is 0.421. The van der Waals surface area contributed by atoms with Gasteiger partial charge in [-0.05, 0) is 6.92 Å². The van der Waals surface area contributed by atoms with Gasteiger partial charge in [-0.1, -0.05) is 0 Å². The molecule has 1 unspecified atom stereocenters. The molecule has 0 aromatic rings. The van der Waals surface area contributed by atoms with Crippen LogP contribution in [0.2, 0.25) is 0 Å². The third-order valence-electron chi connectivity index (χ3n) is 1.72. The van der Waals surface area contributed by atoms with Crippen LogP contribution in [0, 0.1) is 0 Å². The predicted octanol–water partition coefficient (Wildman–Crippen LogP) is 0.209. The van der Waals surface area contributed by atoms with Crippen molar-refractivity contribution in [2.24, 2.45) is 0 Å². The number of aldehydes is 1. The highest BCUT2D eigenvalue weighted by Gasteiger charge is 2.36. The van der Waals surface area contributed by atoms with Crippen molar-refractivity contribution < 1.29 is 19.0 Å². The standard InChI is InChI=1S/C7H14O4/c1-6(9-2)7(5-8,10-3)11-4/h5-6H,1-4H3. The highest BCUT2D eigenvalue weighted by molar-refractivity contribution is 5.61. The Kier molecular flexibility index (Phi) is 4.25. The second-order valence-electron chi connectivity index (χ2n) is 2.13. The first kappa shape index (κ1) is 10.6. The average Bonchev–Trinajstić information content (AvgIpc) is 2.08. The number of ether oxygens (including phenoxy) is 3. The van der Waals surface area contributed by atoms with Gasteiger partial charge < -0.3 is 14.2 Å². The lowest BCUT2D eigenvalue weighted by Crippen LogP contribution is -2.46. The fourth-order valence-corrected chi connectivity index (χ4v) is 0.772. The van der Waals surface area contributed by atoms with E-state index in [1.165, 1.54) is 21.3 Å². The third kappa shape index (κ3) is 1.99. The zero-order chi connectivity index (χ0) is 8.91. The quantitative estimate of drug-likeness (QED) is 0.428. The van der Waals surface area contributed by atoms with Crippen molar-refractivity contribution in [2.75, 3.05) is 21.3 Å². The summed E-state index contributed by atoms with van der Waals surface area (Å²) in [4.78, 5) is 10.6. The van der Waals surface area contributed by atoms with Gasteiger partial charge >= 0.3 is 0 Å². The van der Waals surface area contributed by atoms with Gasteiger partial charge in [-0.3, -0.25) is 4.79 Å². The van der Waals surface area contributed by atoms with Crippen LogP contribution in [0.25, 0.3) is 0 Å². The van der Waals surface area contributed by atoms with Gasteiger partial charge in [-0.2, -0.15) is 0 Å². The Morgan fingerprint density at radius 2 is 1.73 bits per heavy atom. The maximum atomic E-state index is 10.6. The lowest BCUT2D eigenvalue weighted by molar-refractivity contribution is -0.237. The Hall–Kier alpha value is -0.450. The Morgan fingerprint density at radius 3 is 1.82 bits per heavy atom. The highest BCUT2D eigenvalue weighted by atomic mass is 16.7. The summed E-state index contributed by atoms with van der Waals surface area (Å²) in [6, 6.07) is 0. The molecule has 0 rings (SSSR count). The van der Waals surface area contributed by atoms with E-state index in [0.717, 1.165) is 0 Å². The van der Waals surface area contributed by atoms with E-state index in [1.807, 2.05) is 0 Å². The molecule has 0 aliphatic heterocycles. The highest BCUT2D eigenvalue weighted by Crippen LogP contribution is 2.15. The number of carbonyl (C=O) groups is 1. The average molecular weight is 162 g/mol. The van der Waals surface area contributed by atoms with Crippen LogP contribution in [0.3, 0.4) is 0 Å². The van der Waals surface area contributed by atoms with Gasteiger partial charge in [0, 0.05) is 21.3 Å². The monoisotopic (exact) mass is 162 g/mol. The largest absolute Gasteiger partial charge is 0.376 e. The van der Waals surface area contributed by atoms with Crippen LogP contribution in [-0.2, 0) is 19.0 Å². The van der Waals surface area contributed by atoms with Crippen molar-refractivity contribution in [1.82, 2.24) is 0 Å². The SMILES string of the molecule is COC(C)C(C=O)(OC)OC. The summed E-state index contributed by atoms with van der Waals surface area (Å²) >= 11 is 0. The maximum absolute atomic E-state index is 10.6. The number of hydrogen-bond acceptors (Lipinski definition) is 4. The number of carbonyl (C=O) groups excluding carboxylic acids is 1. The lowest BCUT2D eigenvalue weighted by atomic mass is 10.2. The smallest absolute Gasteiger partial charge is 0.252 e. The number of methoxy groups -OCH3 is 3. The first-order valence-corrected chi connectivity index (χ1v) is 3.26. The fourth-order valence-electron chi connectivity index (χ4n) is 0.772. The van der Waals surface area contributed by atoms with Crippen LogP contribution >= 0.6 is 0 Å². The van der Waals surface area contributed by atoms with Gasteiger partial charge in [0.15, 0.2) is 6.29 Å². The van der Waals surface area contributed by atoms with E-state index in [-0.39, 0.29) is 0 Å². The van der Waals surface area contributed by atoms with Crippen LogP contribution in [-0.4, -0.2) is 39.5 Å². The molecule has 0 bridgehead atoms. The van der Waals surface area contributed by atoms with Crippen molar-refractivity contribution in [3.63, 3.8) is 0 Å². The van der Waals surface area contributed by atoms with Crippen molar-refractivity contribution in [2.45, 2.75) is 18.8 Å². The molecule has 0 N–H and O–H groups in total. The molecule has 0 spiro atoms. The Bertz CT molecular complexity index is 120. The van der Waals surface area contributed by atoms with Gasteiger partial charge in [0.05, 0.1) is 0 Å². The summed E-state index contributed by atoms with van der Waals surface area (Å²) in [5, 5.41) is 0. The first-order chi connectivity index (χ1) is 5.16. The molecule has 0 aromatic carbocycles. The zero-order valence-electron chi connectivity index (χ0n) is 7.29. The molecule has 0 radical (unpaired) electrons. The van der Waals surface area contributed by atoms with E-state index in [0.29, 0.717) is 6.29 Å². The molecule has 0 fully saturated rings. The normalized spacial score (nSPS) is 14.5. The summed E-state index contributed by atoms with van der Waals surface area (Å²) in [6.45, 7) is 1.70. The van der Waals surface area contributed by atoms with Crippen LogP contribution < -0.4 is 0 Å². The molecule has 0 heterocycles. The van der Waals surface area contributed by atoms with Crippen molar-refractivity contribution in [3.05, 3.63) is 0 Å². The van der Waals surface area contributed by atoms with Crippen LogP contribution in [0.5, 0.6) is 0 Å². The van der Waals surface area contributed by atoms with Gasteiger partial charge in [0.25, 0.3) is 5.79 Å². The molecule has 0 aliphatic carbocycles. The molecule has 11 heavy (non-hydrogen) atoms. The second-order valence-corrected chi connectivity index (χ2v) is 2.13. The molecule has 0 saturated heterocycles. The van der Waals surface area contributed by atoms with Crippen molar-refractivity contribution >= 4 is 6.29 Å². The molecule has 0 aromatic heterocycles. The van der Waals surface area contributed by atoms with Crippen LogP contribution in [0.4, 0.5) is 0 Å². The molecule has 1 atom stereocenters. The van der Waals surface area contributed by atoms with E-state index in [1.54, 1.807) is 6.92 Å². The summed E-state index contributed by atoms with van der Waals surface area (Å²) in [6.07, 6.45) is 0.163. The fraction of sp³-hybridized carbons (Fsp3) is 0.857. The lowest BCUT2D eigenvalue weighted by Gasteiger charge is -2.29. The van der Waals surface area contributed by atoms with Gasteiger partial charge in [-0.25, -0.2) is 0 Å². The molecule has 0 aliphatic rings. The topological polar surface area (TPSA) is 44.8 Å². The van der Waals surface area contributed by atoms with Crippen molar-refractivity contribution in [3.8, 4) is 0 Å². The van der Waals surface area contributed by atoms with Gasteiger partial charge in [0.2, 0.25) is 0 Å². The summed E-state index contributed by atoms with van der Waals surface area (Å²) in [5.41, 5.74) is 0. The Morgan fingerprint density at radius 1 is 1.27 bits per heavy atom. The first-order valence-electron chi connectivity index (χ1n) is 3.26. The molecular weight excluding hydrogens is 148 g/mol. The molecule has 4 nitrogen and oxygen atoms in total. The molecule has 4 heteroatoms. The summed E-state index contributed by atoms with van der Waals surface area (Å²) in [7, 11) is 4.28. The van der Waals surface area contributed by atoms with Gasteiger partial charge in [-0.15, -0.1) is 0 Å². The van der Waals surface area contributed by atoms with Gasteiger partial charge in [0.1, 0.15) is 6.10 Å². The molecule has 0 saturated carbocycles. The zero-order valence-corrected chi connectivity index (χ0v) is 7.29. The summed E-state index contributed by atoms with van der Waals surface area (Å²) in [5.74, 6) is -1.27. The molecular formula is C7H14O4. The van der Waals surface area contributed by atoms with E-state index < -0.39 is 11.9 Å². The maximum Gasteiger partial charge on any atom is 0.252 e. The second kappa shape index (κ2) is 4.43. The minimum atomic E-state index is -1.27. The van der Waals surface area contributed by atoms with Crippen LogP contribution in [0.15, 0.2) is 0 Å². The molecule has 66 valence electrons.